The first-order valence-corrected chi connectivity index (χ1v) is 6.13. The molecule has 0 heterocycles. The van der Waals surface area contributed by atoms with Crippen LogP contribution < -0.4 is 5.32 Å². The van der Waals surface area contributed by atoms with Crippen molar-refractivity contribution in [2.75, 3.05) is 7.11 Å². The van der Waals surface area contributed by atoms with Crippen molar-refractivity contribution >= 4 is 22.0 Å². The third-order valence-electron chi connectivity index (χ3n) is 2.43. The smallest absolute Gasteiger partial charge is 0.407 e. The average molecular weight is 286 g/mol. The van der Waals surface area contributed by atoms with Crippen LogP contribution in [0.1, 0.15) is 25.0 Å². The lowest BCUT2D eigenvalue weighted by Gasteiger charge is -2.26. The molecule has 1 amide bonds. The Kier molecular flexibility index (Phi) is 4.35. The number of nitrogens with one attached hydrogen (secondary N) is 1. The minimum atomic E-state index is -0.433. The summed E-state index contributed by atoms with van der Waals surface area (Å²) < 4.78 is 4.59. The van der Waals surface area contributed by atoms with Crippen LogP contribution in [0.2, 0.25) is 0 Å². The third kappa shape index (κ3) is 3.23. The van der Waals surface area contributed by atoms with Crippen molar-refractivity contribution in [2.24, 2.45) is 0 Å². The van der Waals surface area contributed by atoms with Gasteiger partial charge in [0, 0.05) is 5.33 Å². The second kappa shape index (κ2) is 5.34. The minimum absolute atomic E-state index is 0.422. The SMILES string of the molecule is COC(=O)NC(C)(C)c1ccc(CBr)cc1. The summed E-state index contributed by atoms with van der Waals surface area (Å²) in [6, 6.07) is 8.08. The molecule has 3 nitrogen and oxygen atoms in total. The standard InChI is InChI=1S/C12H16BrNO2/c1-12(2,14-11(15)16-3)10-6-4-9(8-13)5-7-10/h4-7H,8H2,1-3H3,(H,14,15). The highest BCUT2D eigenvalue weighted by Gasteiger charge is 2.22. The summed E-state index contributed by atoms with van der Waals surface area (Å²) in [7, 11) is 1.36. The van der Waals surface area contributed by atoms with Crippen LogP contribution in [0.4, 0.5) is 4.79 Å². The second-order valence-corrected chi connectivity index (χ2v) is 4.63. The van der Waals surface area contributed by atoms with Gasteiger partial charge in [-0.2, -0.15) is 0 Å². The van der Waals surface area contributed by atoms with Gasteiger partial charge in [0.1, 0.15) is 0 Å². The van der Waals surface area contributed by atoms with E-state index in [-0.39, 0.29) is 0 Å². The van der Waals surface area contributed by atoms with Crippen LogP contribution in [0, 0.1) is 0 Å². The highest BCUT2D eigenvalue weighted by molar-refractivity contribution is 9.08. The molecule has 0 bridgehead atoms. The van der Waals surface area contributed by atoms with Crippen molar-refractivity contribution in [3.8, 4) is 0 Å². The van der Waals surface area contributed by atoms with E-state index in [2.05, 4.69) is 26.0 Å². The molecule has 0 aliphatic carbocycles. The topological polar surface area (TPSA) is 38.3 Å². The third-order valence-corrected chi connectivity index (χ3v) is 3.08. The molecule has 0 aromatic heterocycles. The predicted molar refractivity (Wildman–Crippen MR) is 67.6 cm³/mol. The summed E-state index contributed by atoms with van der Waals surface area (Å²) >= 11 is 3.39. The quantitative estimate of drug-likeness (QED) is 0.867. The maximum Gasteiger partial charge on any atom is 0.407 e. The summed E-state index contributed by atoms with van der Waals surface area (Å²) in [5.74, 6) is 0. The molecule has 1 N–H and O–H groups in total. The summed E-state index contributed by atoms with van der Waals surface area (Å²) in [6.45, 7) is 3.88. The fourth-order valence-electron chi connectivity index (χ4n) is 1.39. The highest BCUT2D eigenvalue weighted by Crippen LogP contribution is 2.21. The Morgan fingerprint density at radius 3 is 2.38 bits per heavy atom. The van der Waals surface area contributed by atoms with Crippen molar-refractivity contribution in [2.45, 2.75) is 24.7 Å². The summed E-state index contributed by atoms with van der Waals surface area (Å²) in [5.41, 5.74) is 1.82. The predicted octanol–water partition coefficient (Wildman–Crippen LogP) is 3.17. The Morgan fingerprint density at radius 1 is 1.38 bits per heavy atom. The number of benzene rings is 1. The zero-order chi connectivity index (χ0) is 12.2. The molecule has 0 saturated carbocycles. The molecule has 0 radical (unpaired) electrons. The van der Waals surface area contributed by atoms with E-state index in [1.807, 2.05) is 38.1 Å². The van der Waals surface area contributed by atoms with E-state index in [4.69, 9.17) is 0 Å². The van der Waals surface area contributed by atoms with Gasteiger partial charge in [-0.1, -0.05) is 40.2 Å². The zero-order valence-corrected chi connectivity index (χ0v) is 11.3. The van der Waals surface area contributed by atoms with Crippen molar-refractivity contribution in [1.29, 1.82) is 0 Å². The fraction of sp³-hybridized carbons (Fsp3) is 0.417. The van der Waals surface area contributed by atoms with E-state index in [9.17, 15) is 4.79 Å². The van der Waals surface area contributed by atoms with Crippen LogP contribution in [0.3, 0.4) is 0 Å². The number of rotatable bonds is 3. The first kappa shape index (κ1) is 13.0. The number of amides is 1. The summed E-state index contributed by atoms with van der Waals surface area (Å²) in [6.07, 6.45) is -0.422. The molecule has 16 heavy (non-hydrogen) atoms. The van der Waals surface area contributed by atoms with E-state index in [1.54, 1.807) is 0 Å². The summed E-state index contributed by atoms with van der Waals surface area (Å²) in [5, 5.41) is 3.62. The fourth-order valence-corrected chi connectivity index (χ4v) is 1.76. The molecular formula is C12H16BrNO2. The van der Waals surface area contributed by atoms with Crippen LogP contribution in [0.25, 0.3) is 0 Å². The number of carbonyl (C=O) groups excluding carboxylic acids is 1. The van der Waals surface area contributed by atoms with Crippen LogP contribution in [0.15, 0.2) is 24.3 Å². The Balaban J connectivity index is 2.84. The lowest BCUT2D eigenvalue weighted by Crippen LogP contribution is -2.40. The van der Waals surface area contributed by atoms with Gasteiger partial charge in [-0.05, 0) is 25.0 Å². The molecule has 4 heteroatoms. The van der Waals surface area contributed by atoms with E-state index < -0.39 is 11.6 Å². The van der Waals surface area contributed by atoms with Crippen LogP contribution in [0.5, 0.6) is 0 Å². The average Bonchev–Trinajstić information content (AvgIpc) is 2.28. The van der Waals surface area contributed by atoms with Crippen LogP contribution in [-0.2, 0) is 15.6 Å². The van der Waals surface area contributed by atoms with Gasteiger partial charge in [-0.3, -0.25) is 0 Å². The number of ether oxygens (including phenoxy) is 1. The van der Waals surface area contributed by atoms with Crippen LogP contribution >= 0.6 is 15.9 Å². The first-order chi connectivity index (χ1) is 7.49. The molecular weight excluding hydrogens is 270 g/mol. The number of alkyl carbamates (subject to hydrolysis) is 1. The number of methoxy groups -OCH3 is 1. The van der Waals surface area contributed by atoms with E-state index in [0.717, 1.165) is 10.9 Å². The highest BCUT2D eigenvalue weighted by atomic mass is 79.9. The molecule has 0 spiro atoms. The number of hydrogen-bond acceptors (Lipinski definition) is 2. The van der Waals surface area contributed by atoms with E-state index in [0.29, 0.717) is 0 Å². The van der Waals surface area contributed by atoms with E-state index >= 15 is 0 Å². The van der Waals surface area contributed by atoms with Gasteiger partial charge >= 0.3 is 6.09 Å². The monoisotopic (exact) mass is 285 g/mol. The Morgan fingerprint density at radius 2 is 1.94 bits per heavy atom. The van der Waals surface area contributed by atoms with Crippen molar-refractivity contribution in [1.82, 2.24) is 5.32 Å². The van der Waals surface area contributed by atoms with Crippen LogP contribution in [-0.4, -0.2) is 13.2 Å². The van der Waals surface area contributed by atoms with Gasteiger partial charge in [-0.25, -0.2) is 4.79 Å². The van der Waals surface area contributed by atoms with Gasteiger partial charge in [0.15, 0.2) is 0 Å². The summed E-state index contributed by atoms with van der Waals surface area (Å²) in [4.78, 5) is 11.2. The Labute approximate surface area is 104 Å². The van der Waals surface area contributed by atoms with Crippen molar-refractivity contribution in [3.05, 3.63) is 35.4 Å². The zero-order valence-electron chi connectivity index (χ0n) is 9.71. The number of carbonyl (C=O) groups is 1. The van der Waals surface area contributed by atoms with Crippen molar-refractivity contribution < 1.29 is 9.53 Å². The maximum atomic E-state index is 11.2. The molecule has 1 rings (SSSR count). The first-order valence-electron chi connectivity index (χ1n) is 5.01. The minimum Gasteiger partial charge on any atom is -0.453 e. The van der Waals surface area contributed by atoms with Gasteiger partial charge in [-0.15, -0.1) is 0 Å². The molecule has 0 atom stereocenters. The molecule has 0 saturated heterocycles. The molecule has 1 aromatic carbocycles. The molecule has 0 unspecified atom stereocenters. The Bertz CT molecular complexity index is 360. The lowest BCUT2D eigenvalue weighted by molar-refractivity contribution is 0.159. The van der Waals surface area contributed by atoms with Gasteiger partial charge < -0.3 is 10.1 Å². The maximum absolute atomic E-state index is 11.2. The number of hydrogen-bond donors (Lipinski definition) is 1. The van der Waals surface area contributed by atoms with Crippen molar-refractivity contribution in [3.63, 3.8) is 0 Å². The molecule has 0 fully saturated rings. The van der Waals surface area contributed by atoms with Gasteiger partial charge in [0.2, 0.25) is 0 Å². The van der Waals surface area contributed by atoms with Gasteiger partial charge in [0.25, 0.3) is 0 Å². The number of halogens is 1. The number of alkyl halides is 1. The van der Waals surface area contributed by atoms with E-state index in [1.165, 1.54) is 12.7 Å². The largest absolute Gasteiger partial charge is 0.453 e. The second-order valence-electron chi connectivity index (χ2n) is 4.07. The normalized spacial score (nSPS) is 11.0. The Hall–Kier alpha value is -1.03. The van der Waals surface area contributed by atoms with Gasteiger partial charge in [0.05, 0.1) is 12.6 Å². The molecule has 88 valence electrons. The lowest BCUT2D eigenvalue weighted by atomic mass is 9.94. The molecule has 0 aliphatic heterocycles. The molecule has 1 aromatic rings. The molecule has 0 aliphatic rings.